The smallest absolute Gasteiger partial charge is 0.0746 e. The molecule has 1 aromatic rings. The predicted octanol–water partition coefficient (Wildman–Crippen LogP) is 2.64. The van der Waals surface area contributed by atoms with Crippen molar-refractivity contribution in [3.63, 3.8) is 0 Å². The summed E-state index contributed by atoms with van der Waals surface area (Å²) in [6, 6.07) is 8.48. The van der Waals surface area contributed by atoms with Gasteiger partial charge >= 0.3 is 0 Å². The first-order valence-corrected chi connectivity index (χ1v) is 6.99. The molecular formula is C16H28N2O. The van der Waals surface area contributed by atoms with E-state index in [0.29, 0.717) is 12.5 Å². The number of benzene rings is 1. The fraction of sp³-hybridized carbons (Fsp3) is 0.625. The van der Waals surface area contributed by atoms with Crippen molar-refractivity contribution < 1.29 is 5.11 Å². The number of hydrogen-bond donors (Lipinski definition) is 2. The van der Waals surface area contributed by atoms with Crippen LogP contribution in [0.4, 0.5) is 5.69 Å². The minimum atomic E-state index is -0.627. The molecule has 3 heteroatoms. The lowest BCUT2D eigenvalue weighted by molar-refractivity contribution is 0.0383. The molecule has 0 fully saturated rings. The van der Waals surface area contributed by atoms with Crippen molar-refractivity contribution in [2.24, 2.45) is 5.92 Å². The Balaban J connectivity index is 2.40. The summed E-state index contributed by atoms with van der Waals surface area (Å²) in [5, 5.41) is 13.5. The minimum absolute atomic E-state index is 0.510. The molecule has 19 heavy (non-hydrogen) atoms. The Morgan fingerprint density at radius 2 is 1.79 bits per heavy atom. The summed E-state index contributed by atoms with van der Waals surface area (Å²) in [6.07, 6.45) is 0.819. The van der Waals surface area contributed by atoms with E-state index in [4.69, 9.17) is 0 Å². The standard InChI is InChI=1S/C16H28N2O/c1-13(2)10-16(3,19)12-17-11-14-6-8-15(9-7-14)18(4)5/h6-9,13,17,19H,10-12H2,1-5H3. The molecule has 1 atom stereocenters. The third kappa shape index (κ3) is 6.08. The van der Waals surface area contributed by atoms with Gasteiger partial charge in [0.15, 0.2) is 0 Å². The van der Waals surface area contributed by atoms with E-state index >= 15 is 0 Å². The Kier molecular flexibility index (Phi) is 5.83. The number of nitrogens with one attached hydrogen (secondary N) is 1. The maximum atomic E-state index is 10.2. The first-order valence-electron chi connectivity index (χ1n) is 6.99. The number of aliphatic hydroxyl groups is 1. The van der Waals surface area contributed by atoms with Gasteiger partial charge < -0.3 is 15.3 Å². The number of rotatable bonds is 7. The summed E-state index contributed by atoms with van der Waals surface area (Å²) >= 11 is 0. The van der Waals surface area contributed by atoms with E-state index in [9.17, 15) is 5.11 Å². The quantitative estimate of drug-likeness (QED) is 0.795. The van der Waals surface area contributed by atoms with Crippen LogP contribution in [-0.2, 0) is 6.54 Å². The molecule has 3 nitrogen and oxygen atoms in total. The topological polar surface area (TPSA) is 35.5 Å². The van der Waals surface area contributed by atoms with Crippen molar-refractivity contribution in [3.05, 3.63) is 29.8 Å². The van der Waals surface area contributed by atoms with Gasteiger partial charge in [0.1, 0.15) is 0 Å². The summed E-state index contributed by atoms with van der Waals surface area (Å²) in [5.74, 6) is 0.510. The van der Waals surface area contributed by atoms with E-state index in [2.05, 4.69) is 48.3 Å². The largest absolute Gasteiger partial charge is 0.389 e. The Labute approximate surface area is 117 Å². The van der Waals surface area contributed by atoms with Crippen molar-refractivity contribution in [2.75, 3.05) is 25.5 Å². The molecule has 0 aliphatic rings. The first kappa shape index (κ1) is 16.0. The summed E-state index contributed by atoms with van der Waals surface area (Å²) in [5.41, 5.74) is 1.82. The molecule has 0 heterocycles. The highest BCUT2D eigenvalue weighted by Crippen LogP contribution is 2.16. The van der Waals surface area contributed by atoms with Gasteiger partial charge in [0.2, 0.25) is 0 Å². The van der Waals surface area contributed by atoms with Crippen LogP contribution in [-0.4, -0.2) is 31.3 Å². The lowest BCUT2D eigenvalue weighted by Gasteiger charge is -2.25. The molecule has 0 radical (unpaired) electrons. The van der Waals surface area contributed by atoms with Crippen molar-refractivity contribution in [1.29, 1.82) is 0 Å². The van der Waals surface area contributed by atoms with Gasteiger partial charge in [-0.25, -0.2) is 0 Å². The van der Waals surface area contributed by atoms with Crippen molar-refractivity contribution >= 4 is 5.69 Å². The second kappa shape index (κ2) is 6.92. The fourth-order valence-electron chi connectivity index (χ4n) is 2.34. The second-order valence-electron chi connectivity index (χ2n) is 6.26. The van der Waals surface area contributed by atoms with Crippen LogP contribution in [0.15, 0.2) is 24.3 Å². The van der Waals surface area contributed by atoms with Gasteiger partial charge in [0.05, 0.1) is 5.60 Å². The Morgan fingerprint density at radius 3 is 2.26 bits per heavy atom. The number of hydrogen-bond acceptors (Lipinski definition) is 3. The fourth-order valence-corrected chi connectivity index (χ4v) is 2.34. The maximum Gasteiger partial charge on any atom is 0.0746 e. The lowest BCUT2D eigenvalue weighted by Crippen LogP contribution is -2.38. The van der Waals surface area contributed by atoms with E-state index in [1.165, 1.54) is 11.3 Å². The number of anilines is 1. The lowest BCUT2D eigenvalue weighted by atomic mass is 9.94. The van der Waals surface area contributed by atoms with Gasteiger partial charge in [-0.1, -0.05) is 26.0 Å². The summed E-state index contributed by atoms with van der Waals surface area (Å²) in [6.45, 7) is 7.58. The van der Waals surface area contributed by atoms with Gasteiger partial charge in [-0.2, -0.15) is 0 Å². The van der Waals surface area contributed by atoms with Crippen LogP contribution in [0.2, 0.25) is 0 Å². The highest BCUT2D eigenvalue weighted by atomic mass is 16.3. The zero-order chi connectivity index (χ0) is 14.5. The summed E-state index contributed by atoms with van der Waals surface area (Å²) in [7, 11) is 4.08. The van der Waals surface area contributed by atoms with Crippen LogP contribution < -0.4 is 10.2 Å². The zero-order valence-electron chi connectivity index (χ0n) is 12.9. The van der Waals surface area contributed by atoms with Gasteiger partial charge in [-0.05, 0) is 37.0 Å². The van der Waals surface area contributed by atoms with Crippen LogP contribution in [0.3, 0.4) is 0 Å². The molecule has 0 spiro atoms. The average molecular weight is 264 g/mol. The molecule has 0 amide bonds. The zero-order valence-corrected chi connectivity index (χ0v) is 12.9. The number of nitrogens with zero attached hydrogens (tertiary/aromatic N) is 1. The van der Waals surface area contributed by atoms with E-state index in [0.717, 1.165) is 13.0 Å². The Bertz CT molecular complexity index is 369. The van der Waals surface area contributed by atoms with Gasteiger partial charge in [0.25, 0.3) is 0 Å². The molecule has 0 saturated heterocycles. The molecule has 0 aromatic heterocycles. The van der Waals surface area contributed by atoms with E-state index in [1.54, 1.807) is 0 Å². The van der Waals surface area contributed by atoms with Gasteiger partial charge in [-0.3, -0.25) is 0 Å². The third-order valence-electron chi connectivity index (χ3n) is 3.14. The van der Waals surface area contributed by atoms with Crippen LogP contribution in [0.5, 0.6) is 0 Å². The average Bonchev–Trinajstić information content (AvgIpc) is 2.27. The van der Waals surface area contributed by atoms with Crippen molar-refractivity contribution in [3.8, 4) is 0 Å². The molecule has 108 valence electrons. The first-order chi connectivity index (χ1) is 8.80. The highest BCUT2D eigenvalue weighted by molar-refractivity contribution is 5.45. The second-order valence-corrected chi connectivity index (χ2v) is 6.26. The Morgan fingerprint density at radius 1 is 1.21 bits per heavy atom. The molecular weight excluding hydrogens is 236 g/mol. The monoisotopic (exact) mass is 264 g/mol. The maximum absolute atomic E-state index is 10.2. The van der Waals surface area contributed by atoms with Crippen LogP contribution in [0, 0.1) is 5.92 Å². The normalized spacial score (nSPS) is 14.5. The molecule has 1 aromatic carbocycles. The molecule has 0 aliphatic carbocycles. The molecule has 0 saturated carbocycles. The van der Waals surface area contributed by atoms with E-state index < -0.39 is 5.60 Å². The van der Waals surface area contributed by atoms with Crippen LogP contribution in [0.25, 0.3) is 0 Å². The molecule has 1 rings (SSSR count). The summed E-state index contributed by atoms with van der Waals surface area (Å²) < 4.78 is 0. The van der Waals surface area contributed by atoms with Crippen molar-refractivity contribution in [2.45, 2.75) is 39.3 Å². The van der Waals surface area contributed by atoms with Crippen LogP contribution in [0.1, 0.15) is 32.8 Å². The highest BCUT2D eigenvalue weighted by Gasteiger charge is 2.20. The van der Waals surface area contributed by atoms with E-state index in [-0.39, 0.29) is 0 Å². The van der Waals surface area contributed by atoms with Gasteiger partial charge in [-0.15, -0.1) is 0 Å². The third-order valence-corrected chi connectivity index (χ3v) is 3.14. The van der Waals surface area contributed by atoms with Gasteiger partial charge in [0, 0.05) is 32.9 Å². The SMILES string of the molecule is CC(C)CC(C)(O)CNCc1ccc(N(C)C)cc1. The minimum Gasteiger partial charge on any atom is -0.389 e. The molecule has 2 N–H and O–H groups in total. The predicted molar refractivity (Wildman–Crippen MR) is 82.6 cm³/mol. The molecule has 0 aliphatic heterocycles. The molecule has 1 unspecified atom stereocenters. The van der Waals surface area contributed by atoms with E-state index in [1.807, 2.05) is 21.0 Å². The Hall–Kier alpha value is -1.06. The molecule has 0 bridgehead atoms. The van der Waals surface area contributed by atoms with Crippen molar-refractivity contribution in [1.82, 2.24) is 5.32 Å². The van der Waals surface area contributed by atoms with Crippen LogP contribution >= 0.6 is 0 Å². The summed E-state index contributed by atoms with van der Waals surface area (Å²) in [4.78, 5) is 2.09.